The van der Waals surface area contributed by atoms with Crippen LogP contribution in [0.3, 0.4) is 0 Å². The molecule has 0 aliphatic carbocycles. The molecule has 23 heavy (non-hydrogen) atoms. The van der Waals surface area contributed by atoms with E-state index in [9.17, 15) is 0 Å². The fraction of sp³-hybridized carbons (Fsp3) is 0.312. The van der Waals surface area contributed by atoms with Gasteiger partial charge < -0.3 is 13.8 Å². The second-order valence-corrected chi connectivity index (χ2v) is 5.87. The Hall–Kier alpha value is -2.18. The van der Waals surface area contributed by atoms with Gasteiger partial charge in [0.2, 0.25) is 0 Å². The molecule has 1 aliphatic rings. The summed E-state index contributed by atoms with van der Waals surface area (Å²) in [5.41, 5.74) is 2.05. The maximum absolute atomic E-state index is 6.27. The summed E-state index contributed by atoms with van der Waals surface area (Å²) in [5.74, 6) is 1.83. The molecule has 0 bridgehead atoms. The number of benzene rings is 1. The van der Waals surface area contributed by atoms with Crippen molar-refractivity contribution in [2.75, 3.05) is 13.2 Å². The smallest absolute Gasteiger partial charge is 0.263 e. The molecule has 1 aromatic carbocycles. The molecule has 7 heteroatoms. The Morgan fingerprint density at radius 3 is 2.83 bits per heavy atom. The van der Waals surface area contributed by atoms with Crippen molar-refractivity contribution in [1.29, 1.82) is 0 Å². The zero-order valence-electron chi connectivity index (χ0n) is 12.5. The molecule has 0 N–H and O–H groups in total. The Morgan fingerprint density at radius 2 is 2.04 bits per heavy atom. The molecule has 0 saturated carbocycles. The minimum Gasteiger partial charge on any atom is -0.381 e. The first kappa shape index (κ1) is 14.4. The lowest BCUT2D eigenvalue weighted by molar-refractivity contribution is 0.192. The van der Waals surface area contributed by atoms with Crippen molar-refractivity contribution >= 4 is 11.6 Å². The van der Waals surface area contributed by atoms with Gasteiger partial charge in [0.05, 0.1) is 11.6 Å². The number of ether oxygens (including phenoxy) is 1. The van der Waals surface area contributed by atoms with Crippen molar-refractivity contribution in [2.45, 2.75) is 19.3 Å². The van der Waals surface area contributed by atoms with E-state index < -0.39 is 0 Å². The average Bonchev–Trinajstić information content (AvgIpc) is 3.27. The van der Waals surface area contributed by atoms with Gasteiger partial charge in [-0.25, -0.2) is 0 Å². The van der Waals surface area contributed by atoms with Crippen LogP contribution < -0.4 is 0 Å². The zero-order chi connectivity index (χ0) is 15.8. The summed E-state index contributed by atoms with van der Waals surface area (Å²) in [4.78, 5) is 4.51. The molecule has 1 aliphatic heterocycles. The van der Waals surface area contributed by atoms with E-state index in [0.29, 0.717) is 40.4 Å². The zero-order valence-corrected chi connectivity index (χ0v) is 13.2. The summed E-state index contributed by atoms with van der Waals surface area (Å²) in [6.45, 7) is 3.16. The van der Waals surface area contributed by atoms with Crippen LogP contribution in [0.5, 0.6) is 0 Å². The van der Waals surface area contributed by atoms with E-state index in [2.05, 4.69) is 15.3 Å². The lowest BCUT2D eigenvalue weighted by Crippen LogP contribution is -1.99. The Morgan fingerprint density at radius 1 is 1.17 bits per heavy atom. The van der Waals surface area contributed by atoms with E-state index in [1.807, 2.05) is 25.1 Å². The van der Waals surface area contributed by atoms with Crippen LogP contribution in [-0.2, 0) is 4.74 Å². The molecule has 6 nitrogen and oxygen atoms in total. The number of aromatic nitrogens is 3. The molecule has 2 aromatic heterocycles. The first-order chi connectivity index (χ1) is 11.2. The number of hydrogen-bond donors (Lipinski definition) is 0. The van der Waals surface area contributed by atoms with E-state index in [1.165, 1.54) is 0 Å². The highest BCUT2D eigenvalue weighted by Gasteiger charge is 2.27. The summed E-state index contributed by atoms with van der Waals surface area (Å²) < 4.78 is 16.2. The highest BCUT2D eigenvalue weighted by atomic mass is 35.5. The highest BCUT2D eigenvalue weighted by Crippen LogP contribution is 2.37. The summed E-state index contributed by atoms with van der Waals surface area (Å²) >= 11 is 6.27. The lowest BCUT2D eigenvalue weighted by Gasteiger charge is -2.01. The SMILES string of the molecule is Cc1onc(-c2ccccc2Cl)c1-c1nc(C2CCOC2)no1. The van der Waals surface area contributed by atoms with Crippen molar-refractivity contribution in [3.05, 3.63) is 40.9 Å². The van der Waals surface area contributed by atoms with E-state index in [-0.39, 0.29) is 5.92 Å². The monoisotopic (exact) mass is 331 g/mol. The quantitative estimate of drug-likeness (QED) is 0.725. The lowest BCUT2D eigenvalue weighted by atomic mass is 10.1. The molecule has 1 fully saturated rings. The normalized spacial score (nSPS) is 17.7. The van der Waals surface area contributed by atoms with E-state index in [0.717, 1.165) is 18.6 Å². The minimum absolute atomic E-state index is 0.177. The predicted molar refractivity (Wildman–Crippen MR) is 83.2 cm³/mol. The van der Waals surface area contributed by atoms with Crippen LogP contribution >= 0.6 is 11.6 Å². The van der Waals surface area contributed by atoms with Crippen LogP contribution in [0.25, 0.3) is 22.7 Å². The Kier molecular flexibility index (Phi) is 3.63. The van der Waals surface area contributed by atoms with Crippen molar-refractivity contribution in [3.8, 4) is 22.7 Å². The van der Waals surface area contributed by atoms with Gasteiger partial charge in [-0.1, -0.05) is 40.1 Å². The third kappa shape index (κ3) is 2.54. The fourth-order valence-corrected chi connectivity index (χ4v) is 2.93. The maximum atomic E-state index is 6.27. The van der Waals surface area contributed by atoms with E-state index >= 15 is 0 Å². The predicted octanol–water partition coefficient (Wildman–Crippen LogP) is 3.86. The van der Waals surface area contributed by atoms with Crippen LogP contribution in [0, 0.1) is 6.92 Å². The third-order valence-electron chi connectivity index (χ3n) is 3.94. The summed E-state index contributed by atoms with van der Waals surface area (Å²) in [7, 11) is 0. The molecule has 0 radical (unpaired) electrons. The number of aryl methyl sites for hydroxylation is 1. The van der Waals surface area contributed by atoms with Gasteiger partial charge >= 0.3 is 0 Å². The van der Waals surface area contributed by atoms with Crippen molar-refractivity contribution in [1.82, 2.24) is 15.3 Å². The average molecular weight is 332 g/mol. The van der Waals surface area contributed by atoms with Gasteiger partial charge in [-0.3, -0.25) is 0 Å². The molecular formula is C16H14ClN3O3. The Labute approximate surface area is 137 Å². The molecule has 0 amide bonds. The molecule has 3 heterocycles. The van der Waals surface area contributed by atoms with Crippen LogP contribution in [-0.4, -0.2) is 28.5 Å². The van der Waals surface area contributed by atoms with Gasteiger partial charge in [0.25, 0.3) is 5.89 Å². The van der Waals surface area contributed by atoms with Crippen molar-refractivity contribution in [2.24, 2.45) is 0 Å². The van der Waals surface area contributed by atoms with Crippen molar-refractivity contribution in [3.63, 3.8) is 0 Å². The van der Waals surface area contributed by atoms with E-state index in [4.69, 9.17) is 25.4 Å². The fourth-order valence-electron chi connectivity index (χ4n) is 2.70. The molecule has 1 saturated heterocycles. The maximum Gasteiger partial charge on any atom is 0.263 e. The van der Waals surface area contributed by atoms with Crippen LogP contribution in [0.2, 0.25) is 5.02 Å². The van der Waals surface area contributed by atoms with Gasteiger partial charge in [0.15, 0.2) is 5.82 Å². The number of rotatable bonds is 3. The Bertz CT molecular complexity index is 837. The molecule has 4 rings (SSSR count). The molecule has 118 valence electrons. The number of hydrogen-bond acceptors (Lipinski definition) is 6. The molecule has 3 aromatic rings. The number of halogens is 1. The van der Waals surface area contributed by atoms with Crippen LogP contribution in [0.1, 0.15) is 23.9 Å². The first-order valence-corrected chi connectivity index (χ1v) is 7.74. The molecular weight excluding hydrogens is 318 g/mol. The van der Waals surface area contributed by atoms with E-state index in [1.54, 1.807) is 6.07 Å². The second-order valence-electron chi connectivity index (χ2n) is 5.46. The Balaban J connectivity index is 1.78. The van der Waals surface area contributed by atoms with Crippen LogP contribution in [0.4, 0.5) is 0 Å². The number of nitrogens with zero attached hydrogens (tertiary/aromatic N) is 3. The van der Waals surface area contributed by atoms with Gasteiger partial charge in [-0.15, -0.1) is 0 Å². The summed E-state index contributed by atoms with van der Waals surface area (Å²) in [6.07, 6.45) is 0.902. The standard InChI is InChI=1S/C16H14ClN3O3/c1-9-13(14(19-22-9)11-4-2-3-5-12(11)17)16-18-15(20-23-16)10-6-7-21-8-10/h2-5,10H,6-8H2,1H3. The van der Waals surface area contributed by atoms with Gasteiger partial charge in [0.1, 0.15) is 17.0 Å². The molecule has 0 spiro atoms. The van der Waals surface area contributed by atoms with Gasteiger partial charge in [0, 0.05) is 18.1 Å². The minimum atomic E-state index is 0.177. The van der Waals surface area contributed by atoms with Crippen molar-refractivity contribution < 1.29 is 13.8 Å². The second kappa shape index (κ2) is 5.79. The molecule has 1 atom stereocenters. The summed E-state index contributed by atoms with van der Waals surface area (Å²) in [6, 6.07) is 7.44. The van der Waals surface area contributed by atoms with Crippen LogP contribution in [0.15, 0.2) is 33.3 Å². The largest absolute Gasteiger partial charge is 0.381 e. The van der Waals surface area contributed by atoms with Gasteiger partial charge in [-0.2, -0.15) is 4.98 Å². The topological polar surface area (TPSA) is 74.2 Å². The first-order valence-electron chi connectivity index (χ1n) is 7.37. The highest BCUT2D eigenvalue weighted by molar-refractivity contribution is 6.33. The molecule has 1 unspecified atom stereocenters. The third-order valence-corrected chi connectivity index (χ3v) is 4.27. The summed E-state index contributed by atoms with van der Waals surface area (Å²) in [5, 5.41) is 8.79. The van der Waals surface area contributed by atoms with Gasteiger partial charge in [-0.05, 0) is 19.4 Å².